The fourth-order valence-corrected chi connectivity index (χ4v) is 2.42. The zero-order chi connectivity index (χ0) is 14.0. The molecule has 1 atom stereocenters. The molecule has 1 amide bonds. The number of nitrogens with zero attached hydrogens (tertiary/aromatic N) is 1. The third-order valence-corrected chi connectivity index (χ3v) is 3.44. The minimum absolute atomic E-state index is 0.180. The molecule has 1 aromatic rings. The van der Waals surface area contributed by atoms with Gasteiger partial charge in [-0.1, -0.05) is 11.6 Å². The lowest BCUT2D eigenvalue weighted by Gasteiger charge is -2.33. The normalized spacial score (nSPS) is 19.3. The predicted octanol–water partition coefficient (Wildman–Crippen LogP) is 2.56. The van der Waals surface area contributed by atoms with Gasteiger partial charge in [-0.3, -0.25) is 4.79 Å². The Morgan fingerprint density at radius 3 is 2.79 bits per heavy atom. The Bertz CT molecular complexity index is 521. The second-order valence-electron chi connectivity index (χ2n) is 4.47. The number of piperidine rings is 1. The highest BCUT2D eigenvalue weighted by Gasteiger charge is 2.33. The van der Waals surface area contributed by atoms with Gasteiger partial charge in [0.2, 0.25) is 0 Å². The number of halogens is 2. The van der Waals surface area contributed by atoms with Crippen molar-refractivity contribution in [3.05, 3.63) is 34.6 Å². The highest BCUT2D eigenvalue weighted by molar-refractivity contribution is 6.31. The molecule has 0 aliphatic carbocycles. The summed E-state index contributed by atoms with van der Waals surface area (Å²) in [5.41, 5.74) is -0.180. The number of rotatable bonds is 2. The molecule has 1 aromatic carbocycles. The van der Waals surface area contributed by atoms with Crippen molar-refractivity contribution in [2.75, 3.05) is 6.54 Å². The number of benzene rings is 1. The van der Waals surface area contributed by atoms with E-state index in [0.717, 1.165) is 18.9 Å². The number of hydrogen-bond acceptors (Lipinski definition) is 2. The molecule has 1 fully saturated rings. The first-order chi connectivity index (χ1) is 9.00. The molecule has 0 radical (unpaired) electrons. The summed E-state index contributed by atoms with van der Waals surface area (Å²) in [6.45, 7) is 0.321. The van der Waals surface area contributed by atoms with E-state index >= 15 is 0 Å². The molecule has 1 aliphatic rings. The van der Waals surface area contributed by atoms with E-state index in [9.17, 15) is 14.0 Å². The highest BCUT2D eigenvalue weighted by atomic mass is 35.5. The molecule has 6 heteroatoms. The Labute approximate surface area is 114 Å². The maximum absolute atomic E-state index is 13.6. The van der Waals surface area contributed by atoms with E-state index < -0.39 is 23.7 Å². The molecule has 0 unspecified atom stereocenters. The maximum atomic E-state index is 13.6. The lowest BCUT2D eigenvalue weighted by molar-refractivity contribution is -0.143. The Balaban J connectivity index is 2.31. The average molecular weight is 286 g/mol. The van der Waals surface area contributed by atoms with Crippen LogP contribution in [0.15, 0.2) is 18.2 Å². The highest BCUT2D eigenvalue weighted by Crippen LogP contribution is 2.22. The van der Waals surface area contributed by atoms with Crippen LogP contribution < -0.4 is 0 Å². The number of carboxylic acids is 1. The van der Waals surface area contributed by atoms with Crippen LogP contribution in [0.3, 0.4) is 0 Å². The van der Waals surface area contributed by atoms with Crippen molar-refractivity contribution in [3.8, 4) is 0 Å². The molecule has 0 saturated carbocycles. The second-order valence-corrected chi connectivity index (χ2v) is 4.91. The summed E-state index contributed by atoms with van der Waals surface area (Å²) in [7, 11) is 0. The van der Waals surface area contributed by atoms with E-state index in [2.05, 4.69) is 0 Å². The van der Waals surface area contributed by atoms with Gasteiger partial charge >= 0.3 is 5.97 Å². The first-order valence-corrected chi connectivity index (χ1v) is 6.37. The van der Waals surface area contributed by atoms with Crippen LogP contribution in [0.1, 0.15) is 29.6 Å². The molecule has 102 valence electrons. The molecule has 0 aromatic heterocycles. The summed E-state index contributed by atoms with van der Waals surface area (Å²) >= 11 is 5.75. The van der Waals surface area contributed by atoms with Crippen LogP contribution in [0.2, 0.25) is 5.02 Å². The largest absolute Gasteiger partial charge is 0.480 e. The molecule has 1 aliphatic heterocycles. The Kier molecular flexibility index (Phi) is 4.04. The second kappa shape index (κ2) is 5.57. The van der Waals surface area contributed by atoms with Crippen molar-refractivity contribution in [1.29, 1.82) is 0 Å². The van der Waals surface area contributed by atoms with Crippen LogP contribution in [0.5, 0.6) is 0 Å². The number of carboxylic acid groups (broad SMARTS) is 1. The fraction of sp³-hybridized carbons (Fsp3) is 0.385. The van der Waals surface area contributed by atoms with Crippen LogP contribution in [-0.2, 0) is 4.79 Å². The summed E-state index contributed by atoms with van der Waals surface area (Å²) < 4.78 is 13.6. The maximum Gasteiger partial charge on any atom is 0.326 e. The summed E-state index contributed by atoms with van der Waals surface area (Å²) in [6.07, 6.45) is 1.86. The van der Waals surface area contributed by atoms with Gasteiger partial charge < -0.3 is 10.0 Å². The minimum Gasteiger partial charge on any atom is -0.480 e. The zero-order valence-corrected chi connectivity index (χ0v) is 10.9. The molecule has 1 heterocycles. The summed E-state index contributed by atoms with van der Waals surface area (Å²) in [5, 5.41) is 9.36. The number of carbonyl (C=O) groups excluding carboxylic acids is 1. The van der Waals surface area contributed by atoms with E-state index in [1.165, 1.54) is 17.0 Å². The lowest BCUT2D eigenvalue weighted by Crippen LogP contribution is -2.48. The molecule has 1 N–H and O–H groups in total. The van der Waals surface area contributed by atoms with Gasteiger partial charge in [0.15, 0.2) is 0 Å². The quantitative estimate of drug-likeness (QED) is 0.908. The Morgan fingerprint density at radius 1 is 1.37 bits per heavy atom. The van der Waals surface area contributed by atoms with Gasteiger partial charge in [-0.15, -0.1) is 0 Å². The van der Waals surface area contributed by atoms with Crippen LogP contribution in [0.4, 0.5) is 4.39 Å². The molecular weight excluding hydrogens is 273 g/mol. The summed E-state index contributed by atoms with van der Waals surface area (Å²) in [5.74, 6) is -2.37. The van der Waals surface area contributed by atoms with Crippen molar-refractivity contribution in [1.82, 2.24) is 4.90 Å². The Morgan fingerprint density at radius 2 is 2.11 bits per heavy atom. The van der Waals surface area contributed by atoms with Crippen molar-refractivity contribution in [2.45, 2.75) is 25.3 Å². The monoisotopic (exact) mass is 285 g/mol. The van der Waals surface area contributed by atoms with Gasteiger partial charge in [0.25, 0.3) is 5.91 Å². The number of amides is 1. The minimum atomic E-state index is -1.06. The van der Waals surface area contributed by atoms with Crippen molar-refractivity contribution in [2.24, 2.45) is 0 Å². The van der Waals surface area contributed by atoms with Crippen LogP contribution >= 0.6 is 11.6 Å². The third-order valence-electron chi connectivity index (χ3n) is 3.21. The molecule has 0 bridgehead atoms. The van der Waals surface area contributed by atoms with E-state index in [1.54, 1.807) is 0 Å². The van der Waals surface area contributed by atoms with E-state index in [1.807, 2.05) is 0 Å². The van der Waals surface area contributed by atoms with E-state index in [4.69, 9.17) is 16.7 Å². The number of likely N-dealkylation sites (tertiary alicyclic amines) is 1. The first-order valence-electron chi connectivity index (χ1n) is 5.99. The van der Waals surface area contributed by atoms with Crippen LogP contribution in [0, 0.1) is 5.82 Å². The van der Waals surface area contributed by atoms with Crippen molar-refractivity contribution < 1.29 is 19.1 Å². The van der Waals surface area contributed by atoms with Crippen molar-refractivity contribution in [3.63, 3.8) is 0 Å². The number of aliphatic carboxylic acids is 1. The van der Waals surface area contributed by atoms with Gasteiger partial charge in [0.05, 0.1) is 5.56 Å². The summed E-state index contributed by atoms with van der Waals surface area (Å²) in [6, 6.07) is 2.79. The Hall–Kier alpha value is -1.62. The molecule has 0 spiro atoms. The molecule has 4 nitrogen and oxygen atoms in total. The smallest absolute Gasteiger partial charge is 0.326 e. The zero-order valence-electron chi connectivity index (χ0n) is 10.1. The SMILES string of the molecule is O=C(O)[C@@H]1CCCCN1C(=O)c1cc(Cl)ccc1F. The molecule has 19 heavy (non-hydrogen) atoms. The van der Waals surface area contributed by atoms with E-state index in [-0.39, 0.29) is 10.6 Å². The average Bonchev–Trinajstić information content (AvgIpc) is 2.40. The van der Waals surface area contributed by atoms with Gasteiger partial charge in [-0.05, 0) is 37.5 Å². The molecule has 1 saturated heterocycles. The predicted molar refractivity (Wildman–Crippen MR) is 67.7 cm³/mol. The molecule has 2 rings (SSSR count). The third kappa shape index (κ3) is 2.87. The van der Waals surface area contributed by atoms with Crippen LogP contribution in [-0.4, -0.2) is 34.5 Å². The molecular formula is C13H13ClFNO3. The van der Waals surface area contributed by atoms with Gasteiger partial charge in [-0.25, -0.2) is 9.18 Å². The standard InChI is InChI=1S/C13H13ClFNO3/c14-8-4-5-10(15)9(7-8)12(17)16-6-2-1-3-11(16)13(18)19/h4-5,7,11H,1-3,6H2,(H,18,19)/t11-/m0/s1. The van der Waals surface area contributed by atoms with Gasteiger partial charge in [0, 0.05) is 11.6 Å². The topological polar surface area (TPSA) is 57.6 Å². The fourth-order valence-electron chi connectivity index (χ4n) is 2.25. The number of hydrogen-bond donors (Lipinski definition) is 1. The van der Waals surface area contributed by atoms with Crippen molar-refractivity contribution >= 4 is 23.5 Å². The van der Waals surface area contributed by atoms with Crippen LogP contribution in [0.25, 0.3) is 0 Å². The summed E-state index contributed by atoms with van der Waals surface area (Å²) in [4.78, 5) is 24.6. The lowest BCUT2D eigenvalue weighted by atomic mass is 10.0. The first kappa shape index (κ1) is 13.8. The van der Waals surface area contributed by atoms with Gasteiger partial charge in [-0.2, -0.15) is 0 Å². The van der Waals surface area contributed by atoms with Gasteiger partial charge in [0.1, 0.15) is 11.9 Å². The number of carbonyl (C=O) groups is 2. The van der Waals surface area contributed by atoms with E-state index in [0.29, 0.717) is 13.0 Å².